The molecule has 0 fully saturated rings. The van der Waals surface area contributed by atoms with Gasteiger partial charge >= 0.3 is 0 Å². The van der Waals surface area contributed by atoms with Gasteiger partial charge in [0.25, 0.3) is 0 Å². The lowest BCUT2D eigenvalue weighted by Gasteiger charge is -2.25. The summed E-state index contributed by atoms with van der Waals surface area (Å²) in [5.74, 6) is -3.15. The van der Waals surface area contributed by atoms with Gasteiger partial charge in [0, 0.05) is 22.3 Å². The summed E-state index contributed by atoms with van der Waals surface area (Å²) in [6.45, 7) is 0. The molecule has 0 heterocycles. The number of rotatable bonds is 3. The van der Waals surface area contributed by atoms with E-state index in [0.717, 1.165) is 40.9 Å². The zero-order valence-electron chi connectivity index (χ0n) is 12.1. The molecule has 3 aromatic carbocycles. The Hall–Kier alpha value is -2.34. The van der Waals surface area contributed by atoms with E-state index in [1.807, 2.05) is 0 Å². The molecule has 0 N–H and O–H groups in total. The third-order valence-corrected chi connectivity index (χ3v) is 3.82. The highest BCUT2D eigenvalue weighted by Gasteiger charge is 2.16. The van der Waals surface area contributed by atoms with Crippen LogP contribution >= 0.6 is 15.9 Å². The zero-order valence-corrected chi connectivity index (χ0v) is 13.7. The Morgan fingerprint density at radius 2 is 0.917 bits per heavy atom. The normalized spacial score (nSPS) is 10.7. The molecule has 0 atom stereocenters. The summed E-state index contributed by atoms with van der Waals surface area (Å²) in [6.07, 6.45) is 0. The lowest BCUT2D eigenvalue weighted by atomic mass is 10.2. The summed E-state index contributed by atoms with van der Waals surface area (Å²) < 4.78 is 55.3. The van der Waals surface area contributed by atoms with Gasteiger partial charge in [0.2, 0.25) is 0 Å². The van der Waals surface area contributed by atoms with E-state index in [1.54, 1.807) is 24.3 Å². The summed E-state index contributed by atoms with van der Waals surface area (Å²) in [5.41, 5.74) is 0.716. The molecule has 24 heavy (non-hydrogen) atoms. The molecule has 0 saturated carbocycles. The van der Waals surface area contributed by atoms with E-state index in [4.69, 9.17) is 0 Å². The molecule has 0 aliphatic carbocycles. The maximum atomic E-state index is 13.6. The molecule has 0 bridgehead atoms. The van der Waals surface area contributed by atoms with Gasteiger partial charge in [0.1, 0.15) is 23.3 Å². The van der Waals surface area contributed by atoms with Crippen molar-refractivity contribution in [1.29, 1.82) is 0 Å². The molecule has 122 valence electrons. The fourth-order valence-electron chi connectivity index (χ4n) is 2.37. The van der Waals surface area contributed by atoms with E-state index in [9.17, 15) is 17.6 Å². The second-order valence-corrected chi connectivity index (χ2v) is 5.98. The zero-order chi connectivity index (χ0) is 17.3. The maximum Gasteiger partial charge on any atom is 0.128 e. The number of benzene rings is 3. The summed E-state index contributed by atoms with van der Waals surface area (Å²) >= 11 is 3.30. The third-order valence-electron chi connectivity index (χ3n) is 3.30. The number of hydrogen-bond acceptors (Lipinski definition) is 1. The van der Waals surface area contributed by atoms with Crippen LogP contribution < -0.4 is 4.90 Å². The van der Waals surface area contributed by atoms with Crippen LogP contribution in [0.5, 0.6) is 0 Å². The van der Waals surface area contributed by atoms with Crippen molar-refractivity contribution in [2.45, 2.75) is 0 Å². The van der Waals surface area contributed by atoms with Gasteiger partial charge in [-0.15, -0.1) is 0 Å². The fraction of sp³-hybridized carbons (Fsp3) is 0. The van der Waals surface area contributed by atoms with Crippen LogP contribution in [0.1, 0.15) is 0 Å². The molecule has 0 saturated heterocycles. The molecule has 0 amide bonds. The molecule has 0 spiro atoms. The average Bonchev–Trinajstić information content (AvgIpc) is 2.47. The average molecular weight is 396 g/mol. The van der Waals surface area contributed by atoms with Gasteiger partial charge in [-0.1, -0.05) is 15.9 Å². The summed E-state index contributed by atoms with van der Waals surface area (Å²) in [7, 11) is 0. The van der Waals surface area contributed by atoms with E-state index >= 15 is 0 Å². The minimum Gasteiger partial charge on any atom is -0.310 e. The molecule has 0 aliphatic rings. The molecule has 6 heteroatoms. The van der Waals surface area contributed by atoms with Crippen LogP contribution in [0.25, 0.3) is 0 Å². The number of hydrogen-bond donors (Lipinski definition) is 0. The van der Waals surface area contributed by atoms with Crippen LogP contribution in [-0.2, 0) is 0 Å². The Bertz CT molecular complexity index is 789. The molecular weight excluding hydrogens is 386 g/mol. The summed E-state index contributed by atoms with van der Waals surface area (Å²) in [6, 6.07) is 12.6. The molecule has 0 radical (unpaired) electrons. The van der Waals surface area contributed by atoms with Gasteiger partial charge in [0.05, 0.1) is 11.4 Å². The Labute approximate surface area is 144 Å². The largest absolute Gasteiger partial charge is 0.310 e. The second-order valence-electron chi connectivity index (χ2n) is 5.07. The van der Waals surface area contributed by atoms with Crippen molar-refractivity contribution < 1.29 is 17.6 Å². The molecule has 0 aromatic heterocycles. The van der Waals surface area contributed by atoms with Gasteiger partial charge in [-0.05, 0) is 48.5 Å². The fourth-order valence-corrected chi connectivity index (χ4v) is 2.64. The predicted molar refractivity (Wildman–Crippen MR) is 88.7 cm³/mol. The lowest BCUT2D eigenvalue weighted by molar-refractivity contribution is 0.582. The highest BCUT2D eigenvalue weighted by molar-refractivity contribution is 9.10. The van der Waals surface area contributed by atoms with E-state index in [-0.39, 0.29) is 11.4 Å². The topological polar surface area (TPSA) is 3.24 Å². The van der Waals surface area contributed by atoms with E-state index < -0.39 is 23.3 Å². The van der Waals surface area contributed by atoms with Gasteiger partial charge < -0.3 is 4.90 Å². The Kier molecular flexibility index (Phi) is 4.57. The van der Waals surface area contributed by atoms with Crippen LogP contribution in [0.2, 0.25) is 0 Å². The predicted octanol–water partition coefficient (Wildman–Crippen LogP) is 6.48. The van der Waals surface area contributed by atoms with Crippen molar-refractivity contribution in [2.24, 2.45) is 0 Å². The van der Waals surface area contributed by atoms with E-state index in [2.05, 4.69) is 15.9 Å². The quantitative estimate of drug-likeness (QED) is 0.459. The van der Waals surface area contributed by atoms with Crippen molar-refractivity contribution >= 4 is 33.0 Å². The number of anilines is 3. The first-order valence-corrected chi connectivity index (χ1v) is 7.69. The van der Waals surface area contributed by atoms with Crippen LogP contribution in [0, 0.1) is 23.3 Å². The van der Waals surface area contributed by atoms with Gasteiger partial charge in [-0.2, -0.15) is 0 Å². The Morgan fingerprint density at radius 1 is 0.542 bits per heavy atom. The van der Waals surface area contributed by atoms with Gasteiger partial charge in [-0.3, -0.25) is 0 Å². The van der Waals surface area contributed by atoms with Crippen LogP contribution in [-0.4, -0.2) is 0 Å². The third kappa shape index (κ3) is 3.59. The molecule has 3 rings (SSSR count). The second kappa shape index (κ2) is 6.65. The molecular formula is C18H10BrF4N. The SMILES string of the molecule is Fc1cc(F)cc(N(c2ccc(Br)cc2)c2cc(F)cc(F)c2)c1. The van der Waals surface area contributed by atoms with Gasteiger partial charge in [-0.25, -0.2) is 17.6 Å². The first-order chi connectivity index (χ1) is 11.4. The number of nitrogens with zero attached hydrogens (tertiary/aromatic N) is 1. The monoisotopic (exact) mass is 395 g/mol. The Balaban J connectivity index is 2.21. The molecule has 3 aromatic rings. The summed E-state index contributed by atoms with van der Waals surface area (Å²) in [4.78, 5) is 1.37. The van der Waals surface area contributed by atoms with Gasteiger partial charge in [0.15, 0.2) is 0 Å². The van der Waals surface area contributed by atoms with Crippen molar-refractivity contribution in [1.82, 2.24) is 0 Å². The van der Waals surface area contributed by atoms with Crippen molar-refractivity contribution in [3.05, 3.63) is 88.4 Å². The number of halogens is 5. The van der Waals surface area contributed by atoms with Crippen molar-refractivity contribution in [3.63, 3.8) is 0 Å². The molecule has 0 unspecified atom stereocenters. The van der Waals surface area contributed by atoms with Crippen LogP contribution in [0.4, 0.5) is 34.6 Å². The standard InChI is InChI=1S/C18H10BrF4N/c19-11-1-3-16(4-2-11)24(17-7-12(20)5-13(21)8-17)18-9-14(22)6-15(23)10-18/h1-10H. The molecule has 1 nitrogen and oxygen atoms in total. The van der Waals surface area contributed by atoms with Crippen molar-refractivity contribution in [2.75, 3.05) is 4.90 Å². The van der Waals surface area contributed by atoms with Crippen molar-refractivity contribution in [3.8, 4) is 0 Å². The van der Waals surface area contributed by atoms with E-state index in [0.29, 0.717) is 5.69 Å². The first-order valence-electron chi connectivity index (χ1n) is 6.90. The summed E-state index contributed by atoms with van der Waals surface area (Å²) in [5, 5.41) is 0. The highest BCUT2D eigenvalue weighted by atomic mass is 79.9. The maximum absolute atomic E-state index is 13.6. The van der Waals surface area contributed by atoms with E-state index in [1.165, 1.54) is 4.90 Å². The van der Waals surface area contributed by atoms with Crippen LogP contribution in [0.3, 0.4) is 0 Å². The molecule has 0 aliphatic heterocycles. The van der Waals surface area contributed by atoms with Crippen LogP contribution in [0.15, 0.2) is 65.1 Å². The minimum absolute atomic E-state index is 0.111. The first kappa shape index (κ1) is 16.5. The highest BCUT2D eigenvalue weighted by Crippen LogP contribution is 2.36. The Morgan fingerprint density at radius 3 is 1.29 bits per heavy atom. The lowest BCUT2D eigenvalue weighted by Crippen LogP contribution is -2.11. The minimum atomic E-state index is -0.788. The smallest absolute Gasteiger partial charge is 0.128 e.